The Morgan fingerprint density at radius 3 is 2.65 bits per heavy atom. The zero-order valence-corrected chi connectivity index (χ0v) is 11.2. The molecule has 0 amide bonds. The molecule has 1 aliphatic rings. The molecule has 0 aromatic heterocycles. The Hall–Kier alpha value is -0.890. The minimum absolute atomic E-state index is 0.142. The van der Waals surface area contributed by atoms with Crippen LogP contribution in [0, 0.1) is 11.8 Å². The van der Waals surface area contributed by atoms with Crippen molar-refractivity contribution in [2.45, 2.75) is 39.2 Å². The van der Waals surface area contributed by atoms with Crippen LogP contribution in [-0.2, 0) is 0 Å². The molecule has 3 atom stereocenters. The number of nitrogens with one attached hydrogen (secondary N) is 1. The van der Waals surface area contributed by atoms with E-state index in [0.717, 1.165) is 17.5 Å². The number of phenols is 1. The van der Waals surface area contributed by atoms with E-state index in [1.54, 1.807) is 12.1 Å². The van der Waals surface area contributed by atoms with Crippen molar-refractivity contribution >= 4 is 17.3 Å². The lowest BCUT2D eigenvalue weighted by atomic mass is 9.79. The summed E-state index contributed by atoms with van der Waals surface area (Å²) in [7, 11) is 0. The van der Waals surface area contributed by atoms with Crippen LogP contribution in [0.15, 0.2) is 18.2 Å². The van der Waals surface area contributed by atoms with Crippen LogP contribution in [0.2, 0.25) is 5.02 Å². The van der Waals surface area contributed by atoms with Gasteiger partial charge in [0.05, 0.1) is 5.02 Å². The van der Waals surface area contributed by atoms with Crippen LogP contribution >= 0.6 is 11.6 Å². The summed E-state index contributed by atoms with van der Waals surface area (Å²) in [6.07, 6.45) is 3.70. The lowest BCUT2D eigenvalue weighted by Gasteiger charge is -2.33. The number of hydrogen-bond acceptors (Lipinski definition) is 2. The normalized spacial score (nSPS) is 29.0. The van der Waals surface area contributed by atoms with Crippen molar-refractivity contribution < 1.29 is 5.11 Å². The van der Waals surface area contributed by atoms with Crippen molar-refractivity contribution in [3.05, 3.63) is 23.2 Å². The van der Waals surface area contributed by atoms with Gasteiger partial charge in [-0.05, 0) is 49.3 Å². The van der Waals surface area contributed by atoms with Crippen LogP contribution in [0.25, 0.3) is 0 Å². The van der Waals surface area contributed by atoms with Crippen molar-refractivity contribution in [1.82, 2.24) is 0 Å². The van der Waals surface area contributed by atoms with Crippen molar-refractivity contribution in [3.8, 4) is 5.75 Å². The summed E-state index contributed by atoms with van der Waals surface area (Å²) >= 11 is 5.89. The van der Waals surface area contributed by atoms with Gasteiger partial charge in [-0.3, -0.25) is 0 Å². The molecule has 2 N–H and O–H groups in total. The average Bonchev–Trinajstić information content (AvgIpc) is 2.29. The third-order valence-electron chi connectivity index (χ3n) is 3.92. The third kappa shape index (κ3) is 3.06. The van der Waals surface area contributed by atoms with Crippen molar-refractivity contribution in [3.63, 3.8) is 0 Å². The molecular formula is C14H20ClNO. The molecule has 1 aliphatic carbocycles. The highest BCUT2D eigenvalue weighted by atomic mass is 35.5. The summed E-state index contributed by atoms with van der Waals surface area (Å²) in [6, 6.07) is 5.84. The Balaban J connectivity index is 1.99. The second-order valence-corrected chi connectivity index (χ2v) is 5.68. The molecule has 17 heavy (non-hydrogen) atoms. The molecule has 94 valence electrons. The SMILES string of the molecule is CC1CCC(Nc2ccc(O)c(Cl)c2)CC1C. The highest BCUT2D eigenvalue weighted by Crippen LogP contribution is 2.32. The molecule has 0 saturated heterocycles. The van der Waals surface area contributed by atoms with E-state index in [0.29, 0.717) is 11.1 Å². The fourth-order valence-corrected chi connectivity index (χ4v) is 2.69. The van der Waals surface area contributed by atoms with Gasteiger partial charge in [0, 0.05) is 11.7 Å². The van der Waals surface area contributed by atoms with Gasteiger partial charge in [0.25, 0.3) is 0 Å². The highest BCUT2D eigenvalue weighted by molar-refractivity contribution is 6.32. The number of benzene rings is 1. The molecule has 0 bridgehead atoms. The van der Waals surface area contributed by atoms with Crippen molar-refractivity contribution in [2.24, 2.45) is 11.8 Å². The topological polar surface area (TPSA) is 32.3 Å². The number of hydrogen-bond donors (Lipinski definition) is 2. The van der Waals surface area contributed by atoms with Gasteiger partial charge < -0.3 is 10.4 Å². The standard InChI is InChI=1S/C14H20ClNO/c1-9-3-4-11(7-10(9)2)16-12-5-6-14(17)13(15)8-12/h5-6,8-11,16-17H,3-4,7H2,1-2H3. The molecule has 1 aromatic carbocycles. The number of rotatable bonds is 2. The first kappa shape index (κ1) is 12.6. The van der Waals surface area contributed by atoms with E-state index < -0.39 is 0 Å². The van der Waals surface area contributed by atoms with Crippen LogP contribution < -0.4 is 5.32 Å². The van der Waals surface area contributed by atoms with E-state index in [4.69, 9.17) is 11.6 Å². The summed E-state index contributed by atoms with van der Waals surface area (Å²) in [5.41, 5.74) is 1.000. The van der Waals surface area contributed by atoms with Crippen LogP contribution in [0.4, 0.5) is 5.69 Å². The number of anilines is 1. The van der Waals surface area contributed by atoms with Gasteiger partial charge in [0.15, 0.2) is 0 Å². The number of halogens is 1. The minimum Gasteiger partial charge on any atom is -0.506 e. The molecule has 1 fully saturated rings. The van der Waals surface area contributed by atoms with Crippen LogP contribution in [-0.4, -0.2) is 11.1 Å². The summed E-state index contributed by atoms with van der Waals surface area (Å²) in [6.45, 7) is 4.65. The van der Waals surface area contributed by atoms with Gasteiger partial charge in [0.2, 0.25) is 0 Å². The van der Waals surface area contributed by atoms with E-state index in [9.17, 15) is 5.11 Å². The van der Waals surface area contributed by atoms with Gasteiger partial charge in [-0.2, -0.15) is 0 Å². The second kappa shape index (κ2) is 5.18. The van der Waals surface area contributed by atoms with E-state index in [1.807, 2.05) is 6.07 Å². The Bertz CT molecular complexity index is 394. The van der Waals surface area contributed by atoms with Crippen molar-refractivity contribution in [2.75, 3.05) is 5.32 Å². The lowest BCUT2D eigenvalue weighted by molar-refractivity contribution is 0.261. The van der Waals surface area contributed by atoms with E-state index in [2.05, 4.69) is 19.2 Å². The Morgan fingerprint density at radius 2 is 2.00 bits per heavy atom. The molecule has 0 radical (unpaired) electrons. The average molecular weight is 254 g/mol. The van der Waals surface area contributed by atoms with E-state index in [1.165, 1.54) is 19.3 Å². The van der Waals surface area contributed by atoms with Crippen LogP contribution in [0.5, 0.6) is 5.75 Å². The summed E-state index contributed by atoms with van der Waals surface area (Å²) in [4.78, 5) is 0. The smallest absolute Gasteiger partial charge is 0.134 e. The van der Waals surface area contributed by atoms with Crippen LogP contribution in [0.1, 0.15) is 33.1 Å². The summed E-state index contributed by atoms with van der Waals surface area (Å²) in [5.74, 6) is 1.74. The molecule has 1 saturated carbocycles. The Labute approximate surface area is 108 Å². The highest BCUT2D eigenvalue weighted by Gasteiger charge is 2.24. The Morgan fingerprint density at radius 1 is 1.24 bits per heavy atom. The lowest BCUT2D eigenvalue weighted by Crippen LogP contribution is -2.30. The zero-order valence-electron chi connectivity index (χ0n) is 10.4. The molecular weight excluding hydrogens is 234 g/mol. The minimum atomic E-state index is 0.142. The van der Waals surface area contributed by atoms with Gasteiger partial charge >= 0.3 is 0 Å². The number of phenolic OH excluding ortho intramolecular Hbond substituents is 1. The van der Waals surface area contributed by atoms with E-state index >= 15 is 0 Å². The first-order chi connectivity index (χ1) is 8.06. The first-order valence-corrected chi connectivity index (χ1v) is 6.69. The molecule has 0 aliphatic heterocycles. The first-order valence-electron chi connectivity index (χ1n) is 6.31. The summed E-state index contributed by atoms with van der Waals surface area (Å²) in [5, 5.41) is 13.3. The Kier molecular flexibility index (Phi) is 3.82. The molecule has 3 unspecified atom stereocenters. The predicted molar refractivity (Wildman–Crippen MR) is 72.7 cm³/mol. The zero-order chi connectivity index (χ0) is 12.4. The van der Waals surface area contributed by atoms with Gasteiger partial charge in [-0.15, -0.1) is 0 Å². The third-order valence-corrected chi connectivity index (χ3v) is 4.22. The van der Waals surface area contributed by atoms with Crippen LogP contribution in [0.3, 0.4) is 0 Å². The van der Waals surface area contributed by atoms with Gasteiger partial charge in [-0.25, -0.2) is 0 Å². The molecule has 3 heteroatoms. The maximum atomic E-state index is 9.37. The van der Waals surface area contributed by atoms with Crippen molar-refractivity contribution in [1.29, 1.82) is 0 Å². The molecule has 0 spiro atoms. The quantitative estimate of drug-likeness (QED) is 0.771. The second-order valence-electron chi connectivity index (χ2n) is 5.28. The molecule has 2 nitrogen and oxygen atoms in total. The monoisotopic (exact) mass is 253 g/mol. The summed E-state index contributed by atoms with van der Waals surface area (Å²) < 4.78 is 0. The predicted octanol–water partition coefficient (Wildman–Crippen LogP) is 4.28. The van der Waals surface area contributed by atoms with Gasteiger partial charge in [-0.1, -0.05) is 25.4 Å². The molecule has 0 heterocycles. The fraction of sp³-hybridized carbons (Fsp3) is 0.571. The van der Waals surface area contributed by atoms with Gasteiger partial charge in [0.1, 0.15) is 5.75 Å². The maximum Gasteiger partial charge on any atom is 0.134 e. The largest absolute Gasteiger partial charge is 0.506 e. The molecule has 1 aromatic rings. The fourth-order valence-electron chi connectivity index (χ4n) is 2.51. The number of aromatic hydroxyl groups is 1. The van der Waals surface area contributed by atoms with E-state index in [-0.39, 0.29) is 5.75 Å². The molecule has 2 rings (SSSR count). The maximum absolute atomic E-state index is 9.37.